The minimum atomic E-state index is -0.437. The number of ether oxygens (including phenoxy) is 2. The van der Waals surface area contributed by atoms with Crippen LogP contribution in [-0.2, 0) is 9.53 Å². The standard InChI is InChI=1S/C20H20O4/c1-23-19-12-6-5-10-17(19)13-14-20(22)24-15-7-11-18(21)16-8-3-2-4-9-16/h2-6,8-10,12-14H,7,11,15H2,1H3/b14-13+. The summed E-state index contributed by atoms with van der Waals surface area (Å²) in [6.45, 7) is 0.216. The van der Waals surface area contributed by atoms with Crippen LogP contribution in [0.5, 0.6) is 5.75 Å². The third kappa shape index (κ3) is 5.39. The Labute approximate surface area is 141 Å². The third-order valence-electron chi connectivity index (χ3n) is 3.43. The van der Waals surface area contributed by atoms with E-state index in [-0.39, 0.29) is 12.4 Å². The lowest BCUT2D eigenvalue weighted by Crippen LogP contribution is -2.05. The number of hydrogen-bond donors (Lipinski definition) is 0. The molecule has 0 amide bonds. The summed E-state index contributed by atoms with van der Waals surface area (Å²) in [5, 5.41) is 0. The van der Waals surface area contributed by atoms with Gasteiger partial charge >= 0.3 is 5.97 Å². The van der Waals surface area contributed by atoms with Gasteiger partial charge in [0.2, 0.25) is 0 Å². The van der Waals surface area contributed by atoms with Gasteiger partial charge < -0.3 is 9.47 Å². The van der Waals surface area contributed by atoms with E-state index in [2.05, 4.69) is 0 Å². The first kappa shape index (κ1) is 17.5. The molecule has 0 atom stereocenters. The van der Waals surface area contributed by atoms with E-state index >= 15 is 0 Å². The summed E-state index contributed by atoms with van der Waals surface area (Å²) >= 11 is 0. The van der Waals surface area contributed by atoms with Gasteiger partial charge in [0.05, 0.1) is 13.7 Å². The van der Waals surface area contributed by atoms with Crippen molar-refractivity contribution in [2.75, 3.05) is 13.7 Å². The summed E-state index contributed by atoms with van der Waals surface area (Å²) < 4.78 is 10.3. The fraction of sp³-hybridized carbons (Fsp3) is 0.200. The Bertz CT molecular complexity index is 705. The van der Waals surface area contributed by atoms with Crippen LogP contribution in [0, 0.1) is 0 Å². The second-order valence-electron chi connectivity index (χ2n) is 5.14. The molecule has 0 radical (unpaired) electrons. The summed E-state index contributed by atoms with van der Waals surface area (Å²) in [5.41, 5.74) is 1.48. The topological polar surface area (TPSA) is 52.6 Å². The van der Waals surface area contributed by atoms with Crippen molar-refractivity contribution >= 4 is 17.8 Å². The average Bonchev–Trinajstić information content (AvgIpc) is 2.64. The highest BCUT2D eigenvalue weighted by molar-refractivity contribution is 5.96. The first-order valence-corrected chi connectivity index (χ1v) is 7.77. The molecule has 0 aliphatic carbocycles. The minimum absolute atomic E-state index is 0.0520. The Morgan fingerprint density at radius 2 is 1.71 bits per heavy atom. The Hall–Kier alpha value is -2.88. The molecule has 0 unspecified atom stereocenters. The zero-order valence-electron chi connectivity index (χ0n) is 13.6. The Morgan fingerprint density at radius 1 is 1.00 bits per heavy atom. The molecule has 24 heavy (non-hydrogen) atoms. The quantitative estimate of drug-likeness (QED) is 0.320. The molecule has 0 aliphatic rings. The van der Waals surface area contributed by atoms with Gasteiger partial charge in [-0.1, -0.05) is 48.5 Å². The van der Waals surface area contributed by atoms with Crippen molar-refractivity contribution in [3.05, 3.63) is 71.8 Å². The maximum absolute atomic E-state index is 11.9. The Balaban J connectivity index is 1.73. The number of methoxy groups -OCH3 is 1. The molecule has 0 aromatic heterocycles. The monoisotopic (exact) mass is 324 g/mol. The molecule has 0 bridgehead atoms. The molecule has 124 valence electrons. The van der Waals surface area contributed by atoms with E-state index in [0.29, 0.717) is 24.2 Å². The van der Waals surface area contributed by atoms with Crippen LogP contribution < -0.4 is 4.74 Å². The number of rotatable bonds is 8. The van der Waals surface area contributed by atoms with Gasteiger partial charge in [0.1, 0.15) is 5.75 Å². The van der Waals surface area contributed by atoms with Gasteiger partial charge in [0, 0.05) is 23.6 Å². The lowest BCUT2D eigenvalue weighted by molar-refractivity contribution is -0.137. The molecule has 4 heteroatoms. The van der Waals surface area contributed by atoms with Gasteiger partial charge in [-0.05, 0) is 18.6 Å². The molecule has 0 saturated carbocycles. The zero-order chi connectivity index (χ0) is 17.2. The largest absolute Gasteiger partial charge is 0.496 e. The molecule has 0 aliphatic heterocycles. The van der Waals surface area contributed by atoms with Crippen LogP contribution in [0.25, 0.3) is 6.08 Å². The highest BCUT2D eigenvalue weighted by Gasteiger charge is 2.05. The number of ketones is 1. The van der Waals surface area contributed by atoms with E-state index in [0.717, 1.165) is 5.56 Å². The lowest BCUT2D eigenvalue weighted by atomic mass is 10.1. The number of carbonyl (C=O) groups is 2. The van der Waals surface area contributed by atoms with Crippen LogP contribution in [0.4, 0.5) is 0 Å². The van der Waals surface area contributed by atoms with E-state index < -0.39 is 5.97 Å². The third-order valence-corrected chi connectivity index (χ3v) is 3.43. The van der Waals surface area contributed by atoms with Gasteiger partial charge in [-0.2, -0.15) is 0 Å². The number of carbonyl (C=O) groups excluding carboxylic acids is 2. The molecule has 0 N–H and O–H groups in total. The lowest BCUT2D eigenvalue weighted by Gasteiger charge is -2.04. The zero-order valence-corrected chi connectivity index (χ0v) is 13.6. The van der Waals surface area contributed by atoms with Gasteiger partial charge in [0.25, 0.3) is 0 Å². The molecular formula is C20H20O4. The highest BCUT2D eigenvalue weighted by atomic mass is 16.5. The first-order valence-electron chi connectivity index (χ1n) is 7.77. The van der Waals surface area contributed by atoms with Crippen LogP contribution in [0.2, 0.25) is 0 Å². The number of esters is 1. The van der Waals surface area contributed by atoms with E-state index in [1.54, 1.807) is 25.3 Å². The van der Waals surface area contributed by atoms with Crippen molar-refractivity contribution in [3.63, 3.8) is 0 Å². The smallest absolute Gasteiger partial charge is 0.330 e. The maximum Gasteiger partial charge on any atom is 0.330 e. The SMILES string of the molecule is COc1ccccc1/C=C/C(=O)OCCCC(=O)c1ccccc1. The van der Waals surface area contributed by atoms with Crippen LogP contribution in [-0.4, -0.2) is 25.5 Å². The molecule has 2 rings (SSSR count). The van der Waals surface area contributed by atoms with Crippen LogP contribution in [0.1, 0.15) is 28.8 Å². The fourth-order valence-corrected chi connectivity index (χ4v) is 2.18. The normalized spacial score (nSPS) is 10.5. The summed E-state index contributed by atoms with van der Waals surface area (Å²) in [7, 11) is 1.58. The minimum Gasteiger partial charge on any atom is -0.496 e. The molecule has 0 spiro atoms. The van der Waals surface area contributed by atoms with Gasteiger partial charge in [0.15, 0.2) is 5.78 Å². The molecule has 0 saturated heterocycles. The molecule has 2 aromatic rings. The Kier molecular flexibility index (Phi) is 6.77. The summed E-state index contributed by atoms with van der Waals surface area (Å²) in [6, 6.07) is 16.5. The Morgan fingerprint density at radius 3 is 2.46 bits per heavy atom. The van der Waals surface area contributed by atoms with Crippen LogP contribution in [0.15, 0.2) is 60.7 Å². The van der Waals surface area contributed by atoms with Crippen LogP contribution in [0.3, 0.4) is 0 Å². The van der Waals surface area contributed by atoms with Crippen molar-refractivity contribution in [2.24, 2.45) is 0 Å². The first-order chi connectivity index (χ1) is 11.7. The van der Waals surface area contributed by atoms with Gasteiger partial charge in [-0.15, -0.1) is 0 Å². The van der Waals surface area contributed by atoms with Crippen molar-refractivity contribution in [1.29, 1.82) is 0 Å². The van der Waals surface area contributed by atoms with Crippen molar-refractivity contribution < 1.29 is 19.1 Å². The van der Waals surface area contributed by atoms with Gasteiger partial charge in [-0.25, -0.2) is 4.79 Å². The summed E-state index contributed by atoms with van der Waals surface area (Å²) in [5.74, 6) is 0.305. The molecule has 4 nitrogen and oxygen atoms in total. The molecule has 2 aromatic carbocycles. The molecular weight excluding hydrogens is 304 g/mol. The van der Waals surface area contributed by atoms with Crippen molar-refractivity contribution in [2.45, 2.75) is 12.8 Å². The number of hydrogen-bond acceptors (Lipinski definition) is 4. The highest BCUT2D eigenvalue weighted by Crippen LogP contribution is 2.18. The average molecular weight is 324 g/mol. The maximum atomic E-state index is 11.9. The molecule has 0 fully saturated rings. The van der Waals surface area contributed by atoms with E-state index in [4.69, 9.17) is 9.47 Å². The van der Waals surface area contributed by atoms with Crippen molar-refractivity contribution in [1.82, 2.24) is 0 Å². The van der Waals surface area contributed by atoms with E-state index in [9.17, 15) is 9.59 Å². The number of benzene rings is 2. The second-order valence-corrected chi connectivity index (χ2v) is 5.14. The summed E-state index contributed by atoms with van der Waals surface area (Å²) in [4.78, 5) is 23.6. The number of para-hydroxylation sites is 1. The predicted octanol–water partition coefficient (Wildman–Crippen LogP) is 3.91. The van der Waals surface area contributed by atoms with Gasteiger partial charge in [-0.3, -0.25) is 4.79 Å². The van der Waals surface area contributed by atoms with E-state index in [1.807, 2.05) is 42.5 Å². The fourth-order valence-electron chi connectivity index (χ4n) is 2.18. The van der Waals surface area contributed by atoms with E-state index in [1.165, 1.54) is 6.08 Å². The van der Waals surface area contributed by atoms with Crippen LogP contribution >= 0.6 is 0 Å². The second kappa shape index (κ2) is 9.30. The number of Topliss-reactive ketones (excluding diaryl/α,β-unsaturated/α-hetero) is 1. The van der Waals surface area contributed by atoms with Crippen molar-refractivity contribution in [3.8, 4) is 5.75 Å². The molecule has 0 heterocycles. The summed E-state index contributed by atoms with van der Waals surface area (Å²) in [6.07, 6.45) is 3.86. The predicted molar refractivity (Wildman–Crippen MR) is 93.0 cm³/mol.